The van der Waals surface area contributed by atoms with Crippen molar-refractivity contribution < 1.29 is 4.79 Å². The van der Waals surface area contributed by atoms with Crippen LogP contribution in [0.2, 0.25) is 0 Å². The van der Waals surface area contributed by atoms with Crippen LogP contribution in [0.25, 0.3) is 0 Å². The first-order valence-electron chi connectivity index (χ1n) is 5.54. The molecule has 1 aromatic rings. The van der Waals surface area contributed by atoms with E-state index in [0.717, 1.165) is 18.5 Å². The lowest BCUT2D eigenvalue weighted by atomic mass is 10.1. The molecule has 0 unspecified atom stereocenters. The summed E-state index contributed by atoms with van der Waals surface area (Å²) in [5.41, 5.74) is 0.955. The van der Waals surface area contributed by atoms with Crippen molar-refractivity contribution in [3.05, 3.63) is 11.8 Å². The summed E-state index contributed by atoms with van der Waals surface area (Å²) < 4.78 is 0. The van der Waals surface area contributed by atoms with Crippen molar-refractivity contribution in [2.24, 2.45) is 0 Å². The van der Waals surface area contributed by atoms with Crippen molar-refractivity contribution >= 4 is 11.7 Å². The number of amides is 1. The summed E-state index contributed by atoms with van der Waals surface area (Å²) in [5, 5.41) is 9.49. The number of hydrogen-bond donors (Lipinski definition) is 2. The van der Waals surface area contributed by atoms with Crippen LogP contribution < -0.4 is 5.32 Å². The molecule has 4 heteroatoms. The van der Waals surface area contributed by atoms with Crippen molar-refractivity contribution in [1.29, 1.82) is 0 Å². The molecule has 0 aliphatic rings. The zero-order valence-electron chi connectivity index (χ0n) is 9.47. The predicted octanol–water partition coefficient (Wildman–Crippen LogP) is 2.63. The molecule has 4 nitrogen and oxygen atoms in total. The Morgan fingerprint density at radius 2 is 2.27 bits per heavy atom. The number of aryl methyl sites for hydroxylation is 1. The van der Waals surface area contributed by atoms with Crippen molar-refractivity contribution in [3.63, 3.8) is 0 Å². The van der Waals surface area contributed by atoms with Crippen LogP contribution in [0.5, 0.6) is 0 Å². The molecule has 1 rings (SSSR count). The third kappa shape index (κ3) is 4.63. The molecular weight excluding hydrogens is 190 g/mol. The van der Waals surface area contributed by atoms with Crippen LogP contribution in [0.15, 0.2) is 6.07 Å². The Kier molecular flexibility index (Phi) is 4.87. The summed E-state index contributed by atoms with van der Waals surface area (Å²) in [6.07, 6.45) is 5.08. The average molecular weight is 209 g/mol. The standard InChI is InChI=1S/C11H19N3O/c1-3-4-5-6-7-11(15)12-10-8-9(2)13-14-10/h8H,3-7H2,1-2H3,(H2,12,13,14,15). The minimum Gasteiger partial charge on any atom is -0.309 e. The van der Waals surface area contributed by atoms with Crippen LogP contribution in [-0.2, 0) is 4.79 Å². The van der Waals surface area contributed by atoms with Gasteiger partial charge in [-0.3, -0.25) is 9.89 Å². The largest absolute Gasteiger partial charge is 0.309 e. The quantitative estimate of drug-likeness (QED) is 0.707. The van der Waals surface area contributed by atoms with Crippen molar-refractivity contribution in [1.82, 2.24) is 10.2 Å². The number of nitrogens with one attached hydrogen (secondary N) is 2. The van der Waals surface area contributed by atoms with Gasteiger partial charge in [0.05, 0.1) is 0 Å². The van der Waals surface area contributed by atoms with Crippen molar-refractivity contribution in [3.8, 4) is 0 Å². The smallest absolute Gasteiger partial charge is 0.225 e. The molecule has 1 aromatic heterocycles. The molecule has 84 valence electrons. The van der Waals surface area contributed by atoms with Gasteiger partial charge in [-0.1, -0.05) is 26.2 Å². The van der Waals surface area contributed by atoms with Gasteiger partial charge in [0.1, 0.15) is 0 Å². The number of aromatic amines is 1. The first-order valence-corrected chi connectivity index (χ1v) is 5.54. The van der Waals surface area contributed by atoms with Gasteiger partial charge in [-0.2, -0.15) is 5.10 Å². The van der Waals surface area contributed by atoms with E-state index in [-0.39, 0.29) is 5.91 Å². The summed E-state index contributed by atoms with van der Waals surface area (Å²) in [6, 6.07) is 1.82. The summed E-state index contributed by atoms with van der Waals surface area (Å²) in [4.78, 5) is 11.4. The summed E-state index contributed by atoms with van der Waals surface area (Å²) in [6.45, 7) is 4.07. The van der Waals surface area contributed by atoms with Gasteiger partial charge < -0.3 is 5.32 Å². The van der Waals surface area contributed by atoms with E-state index in [2.05, 4.69) is 22.4 Å². The highest BCUT2D eigenvalue weighted by Gasteiger charge is 2.03. The van der Waals surface area contributed by atoms with E-state index in [1.165, 1.54) is 12.8 Å². The Bertz CT molecular complexity index is 307. The van der Waals surface area contributed by atoms with Gasteiger partial charge >= 0.3 is 0 Å². The molecule has 0 fully saturated rings. The third-order valence-electron chi connectivity index (χ3n) is 2.23. The molecule has 0 saturated carbocycles. The van der Waals surface area contributed by atoms with Gasteiger partial charge in [0.25, 0.3) is 0 Å². The number of aromatic nitrogens is 2. The Hall–Kier alpha value is -1.32. The van der Waals surface area contributed by atoms with E-state index >= 15 is 0 Å². The Morgan fingerprint density at radius 3 is 2.87 bits per heavy atom. The molecule has 1 amide bonds. The van der Waals surface area contributed by atoms with E-state index in [9.17, 15) is 4.79 Å². The summed E-state index contributed by atoms with van der Waals surface area (Å²) in [7, 11) is 0. The second-order valence-corrected chi connectivity index (χ2v) is 3.80. The summed E-state index contributed by atoms with van der Waals surface area (Å²) >= 11 is 0. The highest BCUT2D eigenvalue weighted by Crippen LogP contribution is 2.07. The fourth-order valence-electron chi connectivity index (χ4n) is 1.40. The molecule has 0 radical (unpaired) electrons. The van der Waals surface area contributed by atoms with Crippen molar-refractivity contribution in [2.75, 3.05) is 5.32 Å². The SMILES string of the molecule is CCCCCCC(=O)Nc1cc(C)[nH]n1. The molecule has 0 aliphatic carbocycles. The second-order valence-electron chi connectivity index (χ2n) is 3.80. The zero-order valence-corrected chi connectivity index (χ0v) is 9.47. The Balaban J connectivity index is 2.18. The minimum atomic E-state index is 0.0533. The predicted molar refractivity (Wildman–Crippen MR) is 60.7 cm³/mol. The van der Waals surface area contributed by atoms with Gasteiger partial charge in [0.15, 0.2) is 5.82 Å². The maximum Gasteiger partial charge on any atom is 0.225 e. The van der Waals surface area contributed by atoms with Crippen LogP contribution >= 0.6 is 0 Å². The van der Waals surface area contributed by atoms with Crippen molar-refractivity contribution in [2.45, 2.75) is 46.0 Å². The number of hydrogen-bond acceptors (Lipinski definition) is 2. The average Bonchev–Trinajstić information content (AvgIpc) is 2.59. The van der Waals surface area contributed by atoms with Gasteiger partial charge in [0, 0.05) is 18.2 Å². The maximum atomic E-state index is 11.4. The van der Waals surface area contributed by atoms with E-state index in [4.69, 9.17) is 0 Å². The highest BCUT2D eigenvalue weighted by atomic mass is 16.1. The first kappa shape index (κ1) is 11.8. The lowest BCUT2D eigenvalue weighted by molar-refractivity contribution is -0.116. The molecule has 0 saturated heterocycles. The topological polar surface area (TPSA) is 57.8 Å². The fourth-order valence-corrected chi connectivity index (χ4v) is 1.40. The number of anilines is 1. The number of carbonyl (C=O) groups is 1. The van der Waals surface area contributed by atoms with Gasteiger partial charge in [-0.25, -0.2) is 0 Å². The highest BCUT2D eigenvalue weighted by molar-refractivity contribution is 5.89. The molecular formula is C11H19N3O. The van der Waals surface area contributed by atoms with Gasteiger partial charge in [-0.15, -0.1) is 0 Å². The van der Waals surface area contributed by atoms with Crippen LogP contribution in [0.4, 0.5) is 5.82 Å². The number of unbranched alkanes of at least 4 members (excludes halogenated alkanes) is 3. The molecule has 15 heavy (non-hydrogen) atoms. The normalized spacial score (nSPS) is 10.3. The second kappa shape index (κ2) is 6.22. The molecule has 0 aromatic carbocycles. The third-order valence-corrected chi connectivity index (χ3v) is 2.23. The number of nitrogens with zero attached hydrogens (tertiary/aromatic N) is 1. The van der Waals surface area contributed by atoms with Crippen LogP contribution in [0.1, 0.15) is 44.7 Å². The lowest BCUT2D eigenvalue weighted by Gasteiger charge is -2.00. The van der Waals surface area contributed by atoms with E-state index < -0.39 is 0 Å². The molecule has 1 heterocycles. The van der Waals surface area contributed by atoms with Gasteiger partial charge in [-0.05, 0) is 13.3 Å². The van der Waals surface area contributed by atoms with E-state index in [0.29, 0.717) is 12.2 Å². The van der Waals surface area contributed by atoms with E-state index in [1.54, 1.807) is 0 Å². The molecule has 2 N–H and O–H groups in total. The summed E-state index contributed by atoms with van der Waals surface area (Å²) in [5.74, 6) is 0.672. The molecule has 0 bridgehead atoms. The zero-order chi connectivity index (χ0) is 11.1. The number of H-pyrrole nitrogens is 1. The molecule has 0 spiro atoms. The van der Waals surface area contributed by atoms with E-state index in [1.807, 2.05) is 13.0 Å². The fraction of sp³-hybridized carbons (Fsp3) is 0.636. The van der Waals surface area contributed by atoms with Crippen LogP contribution in [-0.4, -0.2) is 16.1 Å². The van der Waals surface area contributed by atoms with Crippen LogP contribution in [0, 0.1) is 6.92 Å². The Labute approximate surface area is 90.5 Å². The maximum absolute atomic E-state index is 11.4. The molecule has 0 atom stereocenters. The number of carbonyl (C=O) groups excluding carboxylic acids is 1. The lowest BCUT2D eigenvalue weighted by Crippen LogP contribution is -2.11. The van der Waals surface area contributed by atoms with Crippen LogP contribution in [0.3, 0.4) is 0 Å². The Morgan fingerprint density at radius 1 is 1.47 bits per heavy atom. The molecule has 0 aliphatic heterocycles. The minimum absolute atomic E-state index is 0.0533. The first-order chi connectivity index (χ1) is 7.22. The monoisotopic (exact) mass is 209 g/mol. The number of rotatable bonds is 6. The van der Waals surface area contributed by atoms with Gasteiger partial charge in [0.2, 0.25) is 5.91 Å².